The molecule has 2 aliphatic rings. The van der Waals surface area contributed by atoms with Gasteiger partial charge in [0.05, 0.1) is 16.7 Å². The molecular formula is C20H21N3O4S. The van der Waals surface area contributed by atoms with Crippen molar-refractivity contribution >= 4 is 27.5 Å². The van der Waals surface area contributed by atoms with Gasteiger partial charge in [-0.2, -0.15) is 0 Å². The molecule has 146 valence electrons. The van der Waals surface area contributed by atoms with Gasteiger partial charge in [0.15, 0.2) is 9.84 Å². The highest BCUT2D eigenvalue weighted by Crippen LogP contribution is 2.33. The Morgan fingerprint density at radius 3 is 2.39 bits per heavy atom. The molecule has 2 N–H and O–H groups in total. The van der Waals surface area contributed by atoms with E-state index in [4.69, 9.17) is 0 Å². The summed E-state index contributed by atoms with van der Waals surface area (Å²) in [6.45, 7) is 1.93. The fraction of sp³-hybridized carbons (Fsp3) is 0.300. The van der Waals surface area contributed by atoms with Crippen molar-refractivity contribution in [2.24, 2.45) is 0 Å². The number of nitrogens with one attached hydrogen (secondary N) is 2. The molecule has 0 saturated carbocycles. The molecular weight excluding hydrogens is 378 g/mol. The van der Waals surface area contributed by atoms with Crippen LogP contribution >= 0.6 is 0 Å². The van der Waals surface area contributed by atoms with E-state index in [0.717, 1.165) is 5.69 Å². The monoisotopic (exact) mass is 399 g/mol. The number of anilines is 1. The van der Waals surface area contributed by atoms with Crippen molar-refractivity contribution in [2.45, 2.75) is 36.4 Å². The van der Waals surface area contributed by atoms with Crippen LogP contribution in [0.2, 0.25) is 0 Å². The number of fused-ring (bicyclic) bond motifs is 1. The van der Waals surface area contributed by atoms with Gasteiger partial charge in [0.25, 0.3) is 0 Å². The van der Waals surface area contributed by atoms with Gasteiger partial charge in [0.2, 0.25) is 5.91 Å². The number of sulfone groups is 1. The van der Waals surface area contributed by atoms with E-state index in [1.54, 1.807) is 29.2 Å². The van der Waals surface area contributed by atoms with Gasteiger partial charge in [-0.25, -0.2) is 13.2 Å². The summed E-state index contributed by atoms with van der Waals surface area (Å²) in [6.07, 6.45) is 0.487. The molecule has 7 nitrogen and oxygen atoms in total. The molecule has 3 atom stereocenters. The molecule has 2 aromatic carbocycles. The Morgan fingerprint density at radius 2 is 1.64 bits per heavy atom. The van der Waals surface area contributed by atoms with Crippen LogP contribution in [0.5, 0.6) is 0 Å². The van der Waals surface area contributed by atoms with E-state index in [0.29, 0.717) is 12.0 Å². The van der Waals surface area contributed by atoms with Gasteiger partial charge >= 0.3 is 6.03 Å². The highest BCUT2D eigenvalue weighted by atomic mass is 32.2. The van der Waals surface area contributed by atoms with Crippen LogP contribution in [0.4, 0.5) is 10.5 Å². The van der Waals surface area contributed by atoms with E-state index >= 15 is 0 Å². The number of urea groups is 1. The van der Waals surface area contributed by atoms with Crippen molar-refractivity contribution in [3.05, 3.63) is 60.2 Å². The first-order valence-electron chi connectivity index (χ1n) is 9.13. The number of rotatable bonds is 3. The first kappa shape index (κ1) is 18.5. The zero-order valence-corrected chi connectivity index (χ0v) is 16.1. The molecule has 1 fully saturated rings. The number of hydrogen-bond donors (Lipinski definition) is 2. The first-order valence-corrected chi connectivity index (χ1v) is 10.8. The van der Waals surface area contributed by atoms with Crippen molar-refractivity contribution in [2.75, 3.05) is 10.7 Å². The zero-order chi connectivity index (χ0) is 19.9. The van der Waals surface area contributed by atoms with E-state index in [1.807, 2.05) is 37.3 Å². The normalized spacial score (nSPS) is 25.4. The molecule has 3 amide bonds. The number of amides is 3. The molecule has 4 rings (SSSR count). The largest absolute Gasteiger partial charge is 0.330 e. The molecule has 3 unspecified atom stereocenters. The second-order valence-electron chi connectivity index (χ2n) is 7.17. The third-order valence-electron chi connectivity index (χ3n) is 5.21. The fourth-order valence-corrected chi connectivity index (χ4v) is 5.69. The van der Waals surface area contributed by atoms with Gasteiger partial charge in [-0.15, -0.1) is 0 Å². The van der Waals surface area contributed by atoms with Crippen molar-refractivity contribution in [1.29, 1.82) is 0 Å². The van der Waals surface area contributed by atoms with Crippen LogP contribution in [-0.4, -0.2) is 38.2 Å². The molecule has 28 heavy (non-hydrogen) atoms. The van der Waals surface area contributed by atoms with Crippen LogP contribution in [0.1, 0.15) is 24.9 Å². The summed E-state index contributed by atoms with van der Waals surface area (Å²) in [6, 6.07) is 14.1. The quantitative estimate of drug-likeness (QED) is 0.825. The first-order chi connectivity index (χ1) is 13.4. The third-order valence-corrected chi connectivity index (χ3v) is 7.03. The van der Waals surface area contributed by atoms with Crippen LogP contribution in [-0.2, 0) is 14.6 Å². The molecule has 2 aromatic rings. The van der Waals surface area contributed by atoms with Crippen LogP contribution in [0.25, 0.3) is 0 Å². The summed E-state index contributed by atoms with van der Waals surface area (Å²) >= 11 is 0. The van der Waals surface area contributed by atoms with Crippen LogP contribution in [0.15, 0.2) is 59.5 Å². The molecule has 0 radical (unpaired) electrons. The van der Waals surface area contributed by atoms with E-state index in [9.17, 15) is 18.0 Å². The standard InChI is InChI=1S/C20H21N3O4S/c1-13-11-16(19(24)23(13)14-7-3-2-4-8-14)21-20(25)22-17-12-28(26,27)18-10-6-5-9-15(17)18/h2-10,13,16-17H,11-12H2,1H3,(H2,21,22,25). The lowest BCUT2D eigenvalue weighted by molar-refractivity contribution is -0.118. The highest BCUT2D eigenvalue weighted by molar-refractivity contribution is 7.91. The molecule has 2 heterocycles. The Kier molecular flexibility index (Phi) is 4.58. The van der Waals surface area contributed by atoms with Crippen LogP contribution in [0.3, 0.4) is 0 Å². The lowest BCUT2D eigenvalue weighted by Crippen LogP contribution is -2.47. The van der Waals surface area contributed by atoms with Gasteiger partial charge in [0.1, 0.15) is 6.04 Å². The number of para-hydroxylation sites is 1. The average Bonchev–Trinajstić information content (AvgIpc) is 3.08. The number of carbonyl (C=O) groups excluding carboxylic acids is 2. The zero-order valence-electron chi connectivity index (χ0n) is 15.3. The fourth-order valence-electron chi connectivity index (χ4n) is 3.95. The van der Waals surface area contributed by atoms with Gasteiger partial charge in [0, 0.05) is 11.7 Å². The maximum absolute atomic E-state index is 12.8. The minimum atomic E-state index is -3.41. The topological polar surface area (TPSA) is 95.6 Å². The Hall–Kier alpha value is -2.87. The lowest BCUT2D eigenvalue weighted by atomic mass is 10.1. The van der Waals surface area contributed by atoms with Gasteiger partial charge < -0.3 is 15.5 Å². The smallest absolute Gasteiger partial charge is 0.315 e. The summed E-state index contributed by atoms with van der Waals surface area (Å²) in [4.78, 5) is 27.2. The molecule has 0 spiro atoms. The average molecular weight is 399 g/mol. The molecule has 0 aliphatic carbocycles. The summed E-state index contributed by atoms with van der Waals surface area (Å²) in [7, 11) is -3.41. The maximum Gasteiger partial charge on any atom is 0.315 e. The maximum atomic E-state index is 12.8. The van der Waals surface area contributed by atoms with Crippen LogP contribution < -0.4 is 15.5 Å². The van der Waals surface area contributed by atoms with E-state index in [-0.39, 0.29) is 22.6 Å². The van der Waals surface area contributed by atoms with Crippen molar-refractivity contribution < 1.29 is 18.0 Å². The summed E-state index contributed by atoms with van der Waals surface area (Å²) in [5.74, 6) is -0.349. The lowest BCUT2D eigenvalue weighted by Gasteiger charge is -2.21. The summed E-state index contributed by atoms with van der Waals surface area (Å²) < 4.78 is 24.5. The van der Waals surface area contributed by atoms with Gasteiger partial charge in [-0.05, 0) is 37.1 Å². The van der Waals surface area contributed by atoms with Crippen LogP contribution in [0, 0.1) is 0 Å². The molecule has 0 bridgehead atoms. The van der Waals surface area contributed by atoms with Crippen molar-refractivity contribution in [3.8, 4) is 0 Å². The van der Waals surface area contributed by atoms with E-state index in [2.05, 4.69) is 10.6 Å². The van der Waals surface area contributed by atoms with Crippen molar-refractivity contribution in [1.82, 2.24) is 10.6 Å². The molecule has 0 aromatic heterocycles. The second-order valence-corrected chi connectivity index (χ2v) is 9.17. The summed E-state index contributed by atoms with van der Waals surface area (Å²) in [5, 5.41) is 5.42. The number of benzene rings is 2. The Balaban J connectivity index is 1.45. The third kappa shape index (κ3) is 3.24. The van der Waals surface area contributed by atoms with Gasteiger partial charge in [-0.1, -0.05) is 36.4 Å². The summed E-state index contributed by atoms with van der Waals surface area (Å²) in [5.41, 5.74) is 1.37. The predicted octanol–water partition coefficient (Wildman–Crippen LogP) is 2.01. The number of carbonyl (C=O) groups is 2. The molecule has 8 heteroatoms. The Bertz CT molecular complexity index is 1020. The Labute approximate surface area is 163 Å². The SMILES string of the molecule is CC1CC(NC(=O)NC2CS(=O)(=O)c3ccccc32)C(=O)N1c1ccccc1. The van der Waals surface area contributed by atoms with Crippen molar-refractivity contribution in [3.63, 3.8) is 0 Å². The second kappa shape index (κ2) is 6.94. The minimum absolute atomic E-state index is 0.0483. The van der Waals surface area contributed by atoms with E-state index in [1.165, 1.54) is 0 Å². The number of nitrogens with zero attached hydrogens (tertiary/aromatic N) is 1. The predicted molar refractivity (Wildman–Crippen MR) is 105 cm³/mol. The Morgan fingerprint density at radius 1 is 1.00 bits per heavy atom. The molecule has 2 aliphatic heterocycles. The van der Waals surface area contributed by atoms with Gasteiger partial charge in [-0.3, -0.25) is 4.79 Å². The minimum Gasteiger partial charge on any atom is -0.330 e. The highest BCUT2D eigenvalue weighted by Gasteiger charge is 2.40. The molecule has 1 saturated heterocycles. The van der Waals surface area contributed by atoms with E-state index < -0.39 is 28.0 Å². The number of hydrogen-bond acceptors (Lipinski definition) is 4.